The van der Waals surface area contributed by atoms with Crippen molar-refractivity contribution in [2.24, 2.45) is 17.8 Å². The minimum atomic E-state index is -0.356. The highest BCUT2D eigenvalue weighted by molar-refractivity contribution is 5.80. The molecule has 0 aromatic carbocycles. The van der Waals surface area contributed by atoms with Gasteiger partial charge in [-0.3, -0.25) is 9.59 Å². The molecule has 36 heavy (non-hydrogen) atoms. The third kappa shape index (κ3) is 6.60. The molecule has 6 unspecified atom stereocenters. The van der Waals surface area contributed by atoms with E-state index in [1.807, 2.05) is 11.8 Å². The highest BCUT2D eigenvalue weighted by Gasteiger charge is 2.40. The number of methoxy groups -OCH3 is 2. The fourth-order valence-electron chi connectivity index (χ4n) is 5.85. The summed E-state index contributed by atoms with van der Waals surface area (Å²) in [5, 5.41) is 3.10. The second-order valence-electron chi connectivity index (χ2n) is 10.7. The number of aromatic amines is 1. The van der Waals surface area contributed by atoms with Crippen LogP contribution < -0.4 is 5.32 Å². The van der Waals surface area contributed by atoms with E-state index in [-0.39, 0.29) is 36.0 Å². The van der Waals surface area contributed by atoms with Crippen molar-refractivity contribution in [1.82, 2.24) is 15.2 Å². The number of ether oxygens (including phenoxy) is 2. The van der Waals surface area contributed by atoms with Gasteiger partial charge in [0.15, 0.2) is 0 Å². The fourth-order valence-corrected chi connectivity index (χ4v) is 5.85. The van der Waals surface area contributed by atoms with Crippen LogP contribution in [-0.2, 0) is 31.9 Å². The summed E-state index contributed by atoms with van der Waals surface area (Å²) in [5.41, 5.74) is 3.80. The van der Waals surface area contributed by atoms with Crippen molar-refractivity contribution in [3.05, 3.63) is 29.1 Å². The smallest absolute Gasteiger partial charge is 0.225 e. The Morgan fingerprint density at radius 1 is 1.22 bits per heavy atom. The van der Waals surface area contributed by atoms with E-state index in [2.05, 4.69) is 49.4 Å². The molecule has 0 bridgehead atoms. The monoisotopic (exact) mass is 501 g/mol. The number of amides is 2. The Labute approximate surface area is 217 Å². The number of hydrogen-bond acceptors (Lipinski definition) is 4. The molecule has 1 aromatic heterocycles. The number of hydrogen-bond donors (Lipinski definition) is 2. The standard InChI is InChI=1S/C29H47N3O4/c1-7-19(2)20(3)26(35-5)17-27(33)32-16-10-13-25(32)28(36-6)21(4)29(34)30-15-14-22-18-31-24-12-9-8-11-23(22)24/h8,11,18-21,25-26,28,31H,7,9-10,12-17H2,1-6H3,(H,30,34). The highest BCUT2D eigenvalue weighted by Crippen LogP contribution is 2.29. The summed E-state index contributed by atoms with van der Waals surface area (Å²) in [7, 11) is 3.35. The van der Waals surface area contributed by atoms with Gasteiger partial charge in [-0.25, -0.2) is 0 Å². The zero-order valence-corrected chi connectivity index (χ0v) is 23.1. The third-order valence-electron chi connectivity index (χ3n) is 8.61. The molecule has 1 aromatic rings. The van der Waals surface area contributed by atoms with Crippen molar-refractivity contribution in [3.8, 4) is 0 Å². The predicted octanol–water partition coefficient (Wildman–Crippen LogP) is 4.36. The van der Waals surface area contributed by atoms with Gasteiger partial charge in [-0.05, 0) is 55.1 Å². The molecule has 0 saturated carbocycles. The minimum absolute atomic E-state index is 0.0266. The lowest BCUT2D eigenvalue weighted by Crippen LogP contribution is -2.50. The number of allylic oxidation sites excluding steroid dienone is 1. The number of nitrogens with zero attached hydrogens (tertiary/aromatic N) is 1. The maximum absolute atomic E-state index is 13.4. The second kappa shape index (κ2) is 13.4. The van der Waals surface area contributed by atoms with Crippen molar-refractivity contribution in [2.45, 2.75) is 90.9 Å². The highest BCUT2D eigenvalue weighted by atomic mass is 16.5. The Bertz CT molecular complexity index is 895. The van der Waals surface area contributed by atoms with E-state index >= 15 is 0 Å². The molecule has 2 heterocycles. The van der Waals surface area contributed by atoms with E-state index in [0.717, 1.165) is 38.5 Å². The Morgan fingerprint density at radius 2 is 2.00 bits per heavy atom. The van der Waals surface area contributed by atoms with Crippen molar-refractivity contribution < 1.29 is 19.1 Å². The zero-order chi connectivity index (χ0) is 26.2. The first-order valence-corrected chi connectivity index (χ1v) is 13.8. The van der Waals surface area contributed by atoms with Gasteiger partial charge in [-0.1, -0.05) is 46.3 Å². The van der Waals surface area contributed by atoms with Crippen LogP contribution in [0.4, 0.5) is 0 Å². The summed E-state index contributed by atoms with van der Waals surface area (Å²) in [6, 6.07) is -0.0958. The quantitative estimate of drug-likeness (QED) is 0.421. The number of likely N-dealkylation sites (tertiary alicyclic amines) is 1. The van der Waals surface area contributed by atoms with E-state index in [9.17, 15) is 9.59 Å². The molecular formula is C29H47N3O4. The molecule has 6 atom stereocenters. The molecule has 1 aliphatic heterocycles. The molecule has 0 spiro atoms. The third-order valence-corrected chi connectivity index (χ3v) is 8.61. The number of carbonyl (C=O) groups is 2. The van der Waals surface area contributed by atoms with Gasteiger partial charge >= 0.3 is 0 Å². The lowest BCUT2D eigenvalue weighted by atomic mass is 9.87. The number of nitrogens with one attached hydrogen (secondary N) is 2. The van der Waals surface area contributed by atoms with Crippen LogP contribution in [0.3, 0.4) is 0 Å². The van der Waals surface area contributed by atoms with Crippen molar-refractivity contribution in [3.63, 3.8) is 0 Å². The molecule has 2 aliphatic rings. The first-order chi connectivity index (χ1) is 17.3. The fraction of sp³-hybridized carbons (Fsp3) is 0.724. The molecule has 7 heteroatoms. The molecule has 0 radical (unpaired) electrons. The predicted molar refractivity (Wildman–Crippen MR) is 144 cm³/mol. The molecule has 3 rings (SSSR count). The Balaban J connectivity index is 1.57. The van der Waals surface area contributed by atoms with Gasteiger partial charge in [0.25, 0.3) is 0 Å². The average molecular weight is 502 g/mol. The lowest BCUT2D eigenvalue weighted by molar-refractivity contribution is -0.142. The number of H-pyrrole nitrogens is 1. The minimum Gasteiger partial charge on any atom is -0.381 e. The summed E-state index contributed by atoms with van der Waals surface area (Å²) in [6.07, 6.45) is 12.1. The second-order valence-corrected chi connectivity index (χ2v) is 10.7. The Hall–Kier alpha value is -2.12. The van der Waals surface area contributed by atoms with Crippen LogP contribution in [0.5, 0.6) is 0 Å². The maximum Gasteiger partial charge on any atom is 0.225 e. The summed E-state index contributed by atoms with van der Waals surface area (Å²) >= 11 is 0. The van der Waals surface area contributed by atoms with Gasteiger partial charge in [-0.2, -0.15) is 0 Å². The topological polar surface area (TPSA) is 83.7 Å². The number of aryl methyl sites for hydroxylation is 1. The number of rotatable bonds is 13. The Kier molecular flexibility index (Phi) is 10.6. The van der Waals surface area contributed by atoms with Gasteiger partial charge < -0.3 is 24.7 Å². The van der Waals surface area contributed by atoms with Gasteiger partial charge in [0.2, 0.25) is 11.8 Å². The van der Waals surface area contributed by atoms with Gasteiger partial charge in [0.05, 0.1) is 30.6 Å². The maximum atomic E-state index is 13.4. The molecular weight excluding hydrogens is 454 g/mol. The zero-order valence-electron chi connectivity index (χ0n) is 23.1. The average Bonchev–Trinajstić information content (AvgIpc) is 3.54. The van der Waals surface area contributed by atoms with Gasteiger partial charge in [0, 0.05) is 39.2 Å². The molecule has 2 N–H and O–H groups in total. The number of fused-ring (bicyclic) bond motifs is 1. The number of aromatic nitrogens is 1. The van der Waals surface area contributed by atoms with E-state index in [1.165, 1.54) is 16.8 Å². The number of carbonyl (C=O) groups excluding carboxylic acids is 2. The van der Waals surface area contributed by atoms with Crippen LogP contribution in [0.1, 0.15) is 76.6 Å². The van der Waals surface area contributed by atoms with Crippen molar-refractivity contribution in [1.29, 1.82) is 0 Å². The summed E-state index contributed by atoms with van der Waals surface area (Å²) in [6.45, 7) is 9.74. The molecule has 202 valence electrons. The van der Waals surface area contributed by atoms with Crippen LogP contribution in [0.25, 0.3) is 6.08 Å². The molecule has 1 fully saturated rings. The molecule has 1 aliphatic carbocycles. The largest absolute Gasteiger partial charge is 0.381 e. The van der Waals surface area contributed by atoms with Gasteiger partial charge in [0.1, 0.15) is 0 Å². The summed E-state index contributed by atoms with van der Waals surface area (Å²) in [4.78, 5) is 31.7. The van der Waals surface area contributed by atoms with Crippen molar-refractivity contribution >= 4 is 17.9 Å². The van der Waals surface area contributed by atoms with Crippen LogP contribution >= 0.6 is 0 Å². The lowest BCUT2D eigenvalue weighted by Gasteiger charge is -2.35. The van der Waals surface area contributed by atoms with Crippen molar-refractivity contribution in [2.75, 3.05) is 27.3 Å². The van der Waals surface area contributed by atoms with E-state index in [0.29, 0.717) is 31.3 Å². The van der Waals surface area contributed by atoms with E-state index in [1.54, 1.807) is 14.2 Å². The first-order valence-electron chi connectivity index (χ1n) is 13.8. The molecule has 1 saturated heterocycles. The molecule has 7 nitrogen and oxygen atoms in total. The normalized spacial score (nSPS) is 21.5. The SMILES string of the molecule is CCC(C)C(C)C(CC(=O)N1CCCC1C(OC)C(C)C(=O)NCCc1c[nH]c2c1C=CCC2)OC. The van der Waals surface area contributed by atoms with Gasteiger partial charge in [-0.15, -0.1) is 0 Å². The Morgan fingerprint density at radius 3 is 2.69 bits per heavy atom. The van der Waals surface area contributed by atoms with E-state index < -0.39 is 0 Å². The summed E-state index contributed by atoms with van der Waals surface area (Å²) < 4.78 is 11.6. The van der Waals surface area contributed by atoms with E-state index in [4.69, 9.17) is 9.47 Å². The van der Waals surface area contributed by atoms with Crippen LogP contribution in [0.2, 0.25) is 0 Å². The molecule has 2 amide bonds. The van der Waals surface area contributed by atoms with Crippen LogP contribution in [-0.4, -0.2) is 67.3 Å². The van der Waals surface area contributed by atoms with Crippen LogP contribution in [0.15, 0.2) is 12.3 Å². The first kappa shape index (κ1) is 28.5. The van der Waals surface area contributed by atoms with Crippen LogP contribution in [0, 0.1) is 17.8 Å². The summed E-state index contributed by atoms with van der Waals surface area (Å²) in [5.74, 6) is 0.501.